The number of carbonyl (C=O) groups is 2. The monoisotopic (exact) mass is 203 g/mol. The van der Waals surface area contributed by atoms with Gasteiger partial charge >= 0.3 is 0 Å². The molecule has 2 amide bonds. The van der Waals surface area contributed by atoms with Crippen molar-refractivity contribution in [2.24, 2.45) is 35.5 Å². The number of allylic oxidation sites excluding steroid dienone is 2. The second-order valence-electron chi connectivity index (χ2n) is 5.39. The number of rotatable bonds is 0. The van der Waals surface area contributed by atoms with E-state index in [-0.39, 0.29) is 23.7 Å². The minimum absolute atomic E-state index is 0.0127. The van der Waals surface area contributed by atoms with Crippen molar-refractivity contribution in [3.63, 3.8) is 0 Å². The first-order chi connectivity index (χ1) is 7.20. The normalized spacial score (nSPS) is 54.6. The number of hydrogen-bond donors (Lipinski definition) is 0. The average Bonchev–Trinajstić information content (AvgIpc) is 3.02. The van der Waals surface area contributed by atoms with E-state index in [0.29, 0.717) is 23.7 Å². The van der Waals surface area contributed by atoms with Gasteiger partial charge in [-0.3, -0.25) is 14.5 Å². The Morgan fingerprint density at radius 3 is 2.00 bits per heavy atom. The van der Waals surface area contributed by atoms with Gasteiger partial charge in [-0.2, -0.15) is 0 Å². The molecular formula is C12H13NO2. The summed E-state index contributed by atoms with van der Waals surface area (Å²) in [4.78, 5) is 25.3. The van der Waals surface area contributed by atoms with Crippen LogP contribution < -0.4 is 0 Å². The van der Waals surface area contributed by atoms with Gasteiger partial charge in [0, 0.05) is 7.05 Å². The molecule has 0 unspecified atom stereocenters. The number of carbonyl (C=O) groups excluding carboxylic acids is 2. The van der Waals surface area contributed by atoms with Gasteiger partial charge in [0.25, 0.3) is 0 Å². The van der Waals surface area contributed by atoms with Crippen molar-refractivity contribution in [1.82, 2.24) is 4.90 Å². The van der Waals surface area contributed by atoms with Crippen LogP contribution in [0.5, 0.6) is 0 Å². The van der Waals surface area contributed by atoms with Crippen LogP contribution in [0.25, 0.3) is 0 Å². The van der Waals surface area contributed by atoms with Gasteiger partial charge in [-0.25, -0.2) is 0 Å². The summed E-state index contributed by atoms with van der Waals surface area (Å²) in [7, 11) is 1.63. The summed E-state index contributed by atoms with van der Waals surface area (Å²) in [6.07, 6.45) is 5.63. The molecule has 0 radical (unpaired) electrons. The maximum Gasteiger partial charge on any atom is 0.233 e. The second kappa shape index (κ2) is 2.18. The lowest BCUT2D eigenvalue weighted by Gasteiger charge is -2.37. The Morgan fingerprint density at radius 1 is 1.07 bits per heavy atom. The van der Waals surface area contributed by atoms with Crippen LogP contribution in [0, 0.1) is 35.5 Å². The van der Waals surface area contributed by atoms with Gasteiger partial charge in [-0.1, -0.05) is 12.2 Å². The minimum Gasteiger partial charge on any atom is -0.285 e. The van der Waals surface area contributed by atoms with Crippen molar-refractivity contribution in [2.75, 3.05) is 7.05 Å². The maximum atomic E-state index is 12.0. The molecule has 5 aliphatic rings. The largest absolute Gasteiger partial charge is 0.285 e. The van der Waals surface area contributed by atoms with Gasteiger partial charge in [0.2, 0.25) is 11.8 Å². The summed E-state index contributed by atoms with van der Waals surface area (Å²) in [5.41, 5.74) is 0. The standard InChI is InChI=1S/C12H13NO2/c1-13-11(14)9-5-2-3-6(8-4-7(5)8)10(9)12(13)15/h2-3,5-10H,4H2,1H3/t5-,6-,7-,8+,9+,10+/m0/s1. The fourth-order valence-corrected chi connectivity index (χ4v) is 4.11. The van der Waals surface area contributed by atoms with Crippen molar-refractivity contribution in [2.45, 2.75) is 6.42 Å². The molecule has 2 bridgehead atoms. The molecule has 0 aromatic carbocycles. The Labute approximate surface area is 88.1 Å². The van der Waals surface area contributed by atoms with Crippen LogP contribution in [0.2, 0.25) is 0 Å². The van der Waals surface area contributed by atoms with E-state index in [4.69, 9.17) is 0 Å². The molecule has 5 rings (SSSR count). The van der Waals surface area contributed by atoms with E-state index in [9.17, 15) is 9.59 Å². The highest BCUT2D eigenvalue weighted by atomic mass is 16.2. The zero-order valence-electron chi connectivity index (χ0n) is 8.59. The molecule has 0 spiro atoms. The van der Waals surface area contributed by atoms with Crippen molar-refractivity contribution in [1.29, 1.82) is 0 Å². The zero-order chi connectivity index (χ0) is 10.3. The first-order valence-electron chi connectivity index (χ1n) is 5.70. The molecule has 3 heteroatoms. The van der Waals surface area contributed by atoms with E-state index in [1.807, 2.05) is 0 Å². The molecule has 2 saturated carbocycles. The SMILES string of the molecule is CN1C(=O)[C@@H]2[C@H]3C=C[C@@H]([C@@H]4C[C@H]34)[C@H]2C1=O. The van der Waals surface area contributed by atoms with Crippen LogP contribution in [0.3, 0.4) is 0 Å². The number of hydrogen-bond acceptors (Lipinski definition) is 2. The smallest absolute Gasteiger partial charge is 0.233 e. The first-order valence-corrected chi connectivity index (χ1v) is 5.70. The molecule has 4 aliphatic carbocycles. The minimum atomic E-state index is -0.0127. The lowest BCUT2D eigenvalue weighted by Crippen LogP contribution is -2.40. The summed E-state index contributed by atoms with van der Waals surface area (Å²) in [5, 5.41) is 0. The molecule has 1 heterocycles. The topological polar surface area (TPSA) is 37.4 Å². The third-order valence-corrected chi connectivity index (χ3v) is 4.88. The quantitative estimate of drug-likeness (QED) is 0.428. The number of nitrogens with zero attached hydrogens (tertiary/aromatic N) is 1. The number of amides is 2. The van der Waals surface area contributed by atoms with E-state index >= 15 is 0 Å². The van der Waals surface area contributed by atoms with E-state index < -0.39 is 0 Å². The van der Waals surface area contributed by atoms with E-state index in [1.54, 1.807) is 7.05 Å². The molecule has 15 heavy (non-hydrogen) atoms. The fourth-order valence-electron chi connectivity index (χ4n) is 4.11. The van der Waals surface area contributed by atoms with Gasteiger partial charge in [-0.15, -0.1) is 0 Å². The molecule has 3 fully saturated rings. The third kappa shape index (κ3) is 0.724. The van der Waals surface area contributed by atoms with Gasteiger partial charge in [0.15, 0.2) is 0 Å². The van der Waals surface area contributed by atoms with Gasteiger partial charge in [-0.05, 0) is 30.1 Å². The molecule has 6 atom stereocenters. The highest BCUT2D eigenvalue weighted by Gasteiger charge is 2.66. The first kappa shape index (κ1) is 8.08. The van der Waals surface area contributed by atoms with Gasteiger partial charge in [0.1, 0.15) is 0 Å². The van der Waals surface area contributed by atoms with E-state index in [0.717, 1.165) is 0 Å². The molecule has 0 N–H and O–H groups in total. The van der Waals surface area contributed by atoms with Crippen molar-refractivity contribution >= 4 is 11.8 Å². The van der Waals surface area contributed by atoms with Crippen molar-refractivity contribution < 1.29 is 9.59 Å². The molecular weight excluding hydrogens is 190 g/mol. The van der Waals surface area contributed by atoms with Crippen molar-refractivity contribution in [3.8, 4) is 0 Å². The zero-order valence-corrected chi connectivity index (χ0v) is 8.59. The number of likely N-dealkylation sites (tertiary alicyclic amines) is 1. The van der Waals surface area contributed by atoms with Gasteiger partial charge < -0.3 is 0 Å². The summed E-state index contributed by atoms with van der Waals surface area (Å²) >= 11 is 0. The predicted molar refractivity (Wildman–Crippen MR) is 52.5 cm³/mol. The molecule has 78 valence electrons. The molecule has 0 aromatic rings. The van der Waals surface area contributed by atoms with Gasteiger partial charge in [0.05, 0.1) is 11.8 Å². The van der Waals surface area contributed by atoms with Crippen LogP contribution >= 0.6 is 0 Å². The van der Waals surface area contributed by atoms with Crippen LogP contribution in [0.15, 0.2) is 12.2 Å². The van der Waals surface area contributed by atoms with Crippen LogP contribution in [-0.2, 0) is 9.59 Å². The van der Waals surface area contributed by atoms with E-state index in [2.05, 4.69) is 12.2 Å². The van der Waals surface area contributed by atoms with Crippen LogP contribution in [-0.4, -0.2) is 23.8 Å². The lowest BCUT2D eigenvalue weighted by atomic mass is 9.63. The molecule has 1 saturated heterocycles. The Hall–Kier alpha value is -1.12. The van der Waals surface area contributed by atoms with Crippen LogP contribution in [0.4, 0.5) is 0 Å². The Bertz CT molecular complexity index is 378. The highest BCUT2D eigenvalue weighted by Crippen LogP contribution is 2.65. The molecule has 3 nitrogen and oxygen atoms in total. The molecule has 0 aromatic heterocycles. The molecule has 1 aliphatic heterocycles. The highest BCUT2D eigenvalue weighted by molar-refractivity contribution is 6.05. The Kier molecular flexibility index (Phi) is 1.17. The van der Waals surface area contributed by atoms with E-state index in [1.165, 1.54) is 11.3 Å². The van der Waals surface area contributed by atoms with Crippen LogP contribution in [0.1, 0.15) is 6.42 Å². The third-order valence-electron chi connectivity index (χ3n) is 4.88. The summed E-state index contributed by atoms with van der Waals surface area (Å²) < 4.78 is 0. The fraction of sp³-hybridized carbons (Fsp3) is 0.667. The summed E-state index contributed by atoms with van der Waals surface area (Å²) in [6.45, 7) is 0. The summed E-state index contributed by atoms with van der Waals surface area (Å²) in [5.74, 6) is 2.26. The Morgan fingerprint density at radius 2 is 1.53 bits per heavy atom. The average molecular weight is 203 g/mol. The summed E-state index contributed by atoms with van der Waals surface area (Å²) in [6, 6.07) is 0. The predicted octanol–water partition coefficient (Wildman–Crippen LogP) is 0.669. The number of imide groups is 1. The van der Waals surface area contributed by atoms with Crippen molar-refractivity contribution in [3.05, 3.63) is 12.2 Å². The maximum absolute atomic E-state index is 12.0. The lowest BCUT2D eigenvalue weighted by molar-refractivity contribution is -0.138. The Balaban J connectivity index is 1.86. The second-order valence-corrected chi connectivity index (χ2v) is 5.39.